The minimum Gasteiger partial charge on any atom is -0.454 e. The Morgan fingerprint density at radius 2 is 1.78 bits per heavy atom. The molecule has 0 fully saturated rings. The SMILES string of the molecule is CC1(C)CC(=O)C2=C(C1)Nc1cc3c(cc1C2c1ccc(Br)cc1)OCO3. The van der Waals surface area contributed by atoms with Crippen LogP contribution in [0.2, 0.25) is 0 Å². The number of benzene rings is 2. The van der Waals surface area contributed by atoms with Gasteiger partial charge >= 0.3 is 0 Å². The van der Waals surface area contributed by atoms with Crippen LogP contribution in [0.4, 0.5) is 5.69 Å². The van der Waals surface area contributed by atoms with E-state index in [2.05, 4.69) is 47.2 Å². The number of nitrogens with one attached hydrogen (secondary N) is 1. The molecule has 5 heteroatoms. The Hall–Kier alpha value is -2.27. The standard InChI is InChI=1S/C22H20BrNO3/c1-22(2)9-16-21(17(25)10-22)20(12-3-5-13(23)6-4-12)14-7-18-19(27-11-26-18)8-15(14)24-16/h3-8,20,24H,9-11H2,1-2H3. The van der Waals surface area contributed by atoms with Gasteiger partial charge in [0.05, 0.1) is 0 Å². The van der Waals surface area contributed by atoms with Gasteiger partial charge in [-0.25, -0.2) is 0 Å². The van der Waals surface area contributed by atoms with Crippen LogP contribution in [0.5, 0.6) is 11.5 Å². The maximum absolute atomic E-state index is 13.2. The lowest BCUT2D eigenvalue weighted by molar-refractivity contribution is -0.118. The molecule has 0 aromatic heterocycles. The third-order valence-electron chi connectivity index (χ3n) is 5.55. The van der Waals surface area contributed by atoms with Crippen molar-refractivity contribution in [3.8, 4) is 11.5 Å². The van der Waals surface area contributed by atoms with Gasteiger partial charge < -0.3 is 14.8 Å². The highest BCUT2D eigenvalue weighted by molar-refractivity contribution is 9.10. The third kappa shape index (κ3) is 2.76. The molecule has 27 heavy (non-hydrogen) atoms. The molecular formula is C22H20BrNO3. The molecule has 1 unspecified atom stereocenters. The molecule has 2 aromatic rings. The molecule has 0 saturated carbocycles. The molecule has 0 saturated heterocycles. The number of allylic oxidation sites excluding steroid dienone is 2. The molecule has 138 valence electrons. The van der Waals surface area contributed by atoms with Crippen LogP contribution in [0, 0.1) is 5.41 Å². The molecule has 2 aromatic carbocycles. The van der Waals surface area contributed by atoms with Crippen LogP contribution in [-0.4, -0.2) is 12.6 Å². The second kappa shape index (κ2) is 5.86. The van der Waals surface area contributed by atoms with Gasteiger partial charge in [-0.1, -0.05) is 41.9 Å². The quantitative estimate of drug-likeness (QED) is 0.666. The number of ketones is 1. The van der Waals surface area contributed by atoms with Crippen molar-refractivity contribution in [2.24, 2.45) is 5.41 Å². The smallest absolute Gasteiger partial charge is 0.231 e. The first-order chi connectivity index (χ1) is 12.9. The predicted molar refractivity (Wildman–Crippen MR) is 107 cm³/mol. The summed E-state index contributed by atoms with van der Waals surface area (Å²) in [5.74, 6) is 1.62. The van der Waals surface area contributed by atoms with Crippen LogP contribution < -0.4 is 14.8 Å². The van der Waals surface area contributed by atoms with Gasteiger partial charge in [0.1, 0.15) is 0 Å². The van der Waals surface area contributed by atoms with Crippen LogP contribution in [0.1, 0.15) is 43.7 Å². The summed E-state index contributed by atoms with van der Waals surface area (Å²) in [7, 11) is 0. The van der Waals surface area contributed by atoms with Crippen molar-refractivity contribution in [1.82, 2.24) is 0 Å². The van der Waals surface area contributed by atoms with Crippen LogP contribution in [0.25, 0.3) is 0 Å². The molecule has 2 aliphatic heterocycles. The molecule has 0 amide bonds. The first-order valence-electron chi connectivity index (χ1n) is 9.14. The summed E-state index contributed by atoms with van der Waals surface area (Å²) >= 11 is 3.51. The molecule has 0 bridgehead atoms. The lowest BCUT2D eigenvalue weighted by Gasteiger charge is -2.39. The van der Waals surface area contributed by atoms with E-state index in [-0.39, 0.29) is 23.9 Å². The van der Waals surface area contributed by atoms with Crippen molar-refractivity contribution >= 4 is 27.4 Å². The van der Waals surface area contributed by atoms with E-state index in [0.29, 0.717) is 6.42 Å². The van der Waals surface area contributed by atoms with E-state index in [1.165, 1.54) is 0 Å². The summed E-state index contributed by atoms with van der Waals surface area (Å²) in [6, 6.07) is 12.3. The van der Waals surface area contributed by atoms with Gasteiger partial charge in [0.2, 0.25) is 6.79 Å². The fourth-order valence-corrected chi connectivity index (χ4v) is 4.67. The normalized spacial score (nSPS) is 22.2. The number of hydrogen-bond donors (Lipinski definition) is 1. The topological polar surface area (TPSA) is 47.6 Å². The van der Waals surface area contributed by atoms with Crippen molar-refractivity contribution in [2.45, 2.75) is 32.6 Å². The van der Waals surface area contributed by atoms with Crippen LogP contribution >= 0.6 is 15.9 Å². The fourth-order valence-electron chi connectivity index (χ4n) is 4.41. The summed E-state index contributed by atoms with van der Waals surface area (Å²) < 4.78 is 12.2. The van der Waals surface area contributed by atoms with Crippen molar-refractivity contribution in [3.05, 3.63) is 63.3 Å². The van der Waals surface area contributed by atoms with Gasteiger partial charge in [-0.05, 0) is 41.2 Å². The molecule has 0 spiro atoms. The number of carbonyl (C=O) groups is 1. The first-order valence-corrected chi connectivity index (χ1v) is 9.93. The Bertz CT molecular complexity index is 991. The summed E-state index contributed by atoms with van der Waals surface area (Å²) in [6.07, 6.45) is 1.43. The van der Waals surface area contributed by atoms with Crippen LogP contribution in [0.3, 0.4) is 0 Å². The monoisotopic (exact) mass is 425 g/mol. The zero-order valence-electron chi connectivity index (χ0n) is 15.3. The molecule has 1 N–H and O–H groups in total. The average molecular weight is 426 g/mol. The van der Waals surface area contributed by atoms with E-state index in [4.69, 9.17) is 9.47 Å². The number of rotatable bonds is 1. The van der Waals surface area contributed by atoms with E-state index >= 15 is 0 Å². The van der Waals surface area contributed by atoms with E-state index in [1.54, 1.807) is 0 Å². The zero-order chi connectivity index (χ0) is 18.8. The summed E-state index contributed by atoms with van der Waals surface area (Å²) in [4.78, 5) is 13.2. The number of anilines is 1. The summed E-state index contributed by atoms with van der Waals surface area (Å²) in [5, 5.41) is 3.54. The Kier molecular flexibility index (Phi) is 3.66. The Morgan fingerprint density at radius 3 is 2.52 bits per heavy atom. The van der Waals surface area contributed by atoms with Gasteiger partial charge in [-0.2, -0.15) is 0 Å². The van der Waals surface area contributed by atoms with E-state index < -0.39 is 0 Å². The summed E-state index contributed by atoms with van der Waals surface area (Å²) in [5.41, 5.74) is 5.06. The number of carbonyl (C=O) groups excluding carboxylic acids is 1. The largest absolute Gasteiger partial charge is 0.454 e. The van der Waals surface area contributed by atoms with Crippen molar-refractivity contribution in [3.63, 3.8) is 0 Å². The fraction of sp³-hybridized carbons (Fsp3) is 0.318. The maximum atomic E-state index is 13.2. The Morgan fingerprint density at radius 1 is 1.07 bits per heavy atom. The highest BCUT2D eigenvalue weighted by Gasteiger charge is 2.41. The minimum absolute atomic E-state index is 0.0406. The van der Waals surface area contributed by atoms with Crippen molar-refractivity contribution in [1.29, 1.82) is 0 Å². The second-order valence-corrected chi connectivity index (χ2v) is 9.15. The molecule has 2 heterocycles. The van der Waals surface area contributed by atoms with Gasteiger partial charge in [0, 0.05) is 39.8 Å². The zero-order valence-corrected chi connectivity index (χ0v) is 16.9. The third-order valence-corrected chi connectivity index (χ3v) is 6.08. The molecule has 4 nitrogen and oxygen atoms in total. The van der Waals surface area contributed by atoms with Crippen LogP contribution in [-0.2, 0) is 4.79 Å². The lowest BCUT2D eigenvalue weighted by Crippen LogP contribution is -2.33. The van der Waals surface area contributed by atoms with E-state index in [1.807, 2.05) is 24.3 Å². The first kappa shape index (κ1) is 16.9. The number of halogens is 1. The lowest BCUT2D eigenvalue weighted by atomic mass is 9.69. The predicted octanol–water partition coefficient (Wildman–Crippen LogP) is 5.38. The van der Waals surface area contributed by atoms with Crippen molar-refractivity contribution in [2.75, 3.05) is 12.1 Å². The van der Waals surface area contributed by atoms with Gasteiger partial charge in [0.25, 0.3) is 0 Å². The van der Waals surface area contributed by atoms with Gasteiger partial charge in [-0.15, -0.1) is 0 Å². The number of Topliss-reactive ketones (excluding diaryl/α,β-unsaturated/α-hetero) is 1. The van der Waals surface area contributed by atoms with E-state index in [9.17, 15) is 4.79 Å². The second-order valence-electron chi connectivity index (χ2n) is 8.24. The molecule has 3 aliphatic rings. The Labute approximate surface area is 166 Å². The molecule has 1 atom stereocenters. The number of fused-ring (bicyclic) bond motifs is 2. The number of hydrogen-bond acceptors (Lipinski definition) is 4. The highest BCUT2D eigenvalue weighted by Crippen LogP contribution is 2.51. The van der Waals surface area contributed by atoms with Gasteiger partial charge in [0.15, 0.2) is 17.3 Å². The molecule has 1 aliphatic carbocycles. The Balaban J connectivity index is 1.72. The van der Waals surface area contributed by atoms with Crippen molar-refractivity contribution < 1.29 is 14.3 Å². The summed E-state index contributed by atoms with van der Waals surface area (Å²) in [6.45, 7) is 4.54. The van der Waals surface area contributed by atoms with E-state index in [0.717, 1.165) is 50.5 Å². The maximum Gasteiger partial charge on any atom is 0.231 e. The minimum atomic E-state index is -0.0950. The molecule has 5 rings (SSSR count). The molecular weight excluding hydrogens is 406 g/mol. The highest BCUT2D eigenvalue weighted by atomic mass is 79.9. The van der Waals surface area contributed by atoms with Gasteiger partial charge in [-0.3, -0.25) is 4.79 Å². The number of ether oxygens (including phenoxy) is 2. The van der Waals surface area contributed by atoms with Crippen LogP contribution in [0.15, 0.2) is 52.1 Å². The average Bonchev–Trinajstić information content (AvgIpc) is 3.05. The molecule has 0 radical (unpaired) electrons.